The molecule has 0 fully saturated rings. The number of anilines is 1. The summed E-state index contributed by atoms with van der Waals surface area (Å²) in [6.07, 6.45) is 0. The van der Waals surface area contributed by atoms with Gasteiger partial charge in [0.2, 0.25) is 0 Å². The zero-order valence-electron chi connectivity index (χ0n) is 9.88. The third-order valence-electron chi connectivity index (χ3n) is 2.53. The van der Waals surface area contributed by atoms with Crippen LogP contribution in [0.25, 0.3) is 0 Å². The minimum atomic E-state index is -0.569. The van der Waals surface area contributed by atoms with Gasteiger partial charge in [-0.2, -0.15) is 0 Å². The normalized spacial score (nSPS) is 10.2. The number of carbonyl (C=O) groups is 1. The summed E-state index contributed by atoms with van der Waals surface area (Å²) in [5, 5.41) is 20.9. The first-order valence-corrected chi connectivity index (χ1v) is 5.53. The zero-order valence-corrected chi connectivity index (χ0v) is 9.88. The summed E-state index contributed by atoms with van der Waals surface area (Å²) in [5.74, 6) is -0.921. The third-order valence-corrected chi connectivity index (χ3v) is 2.53. The van der Waals surface area contributed by atoms with Crippen molar-refractivity contribution in [3.63, 3.8) is 0 Å². The maximum atomic E-state index is 11.9. The van der Waals surface area contributed by atoms with Gasteiger partial charge in [-0.3, -0.25) is 14.6 Å². The number of aliphatic hydroxyl groups excluding tert-OH is 1. The van der Waals surface area contributed by atoms with Crippen molar-refractivity contribution in [1.29, 1.82) is 0 Å². The molecule has 0 unspecified atom stereocenters. The van der Waals surface area contributed by atoms with E-state index < -0.39 is 11.5 Å². The first kappa shape index (κ1) is 12.8. The zero-order chi connectivity index (χ0) is 13.8. The van der Waals surface area contributed by atoms with Gasteiger partial charge in [0.15, 0.2) is 5.88 Å². The number of pyridine rings is 1. The molecule has 6 heteroatoms. The van der Waals surface area contributed by atoms with Crippen LogP contribution in [0.3, 0.4) is 0 Å². The Kier molecular flexibility index (Phi) is 3.63. The Hall–Kier alpha value is -2.60. The number of H-pyrrole nitrogens is 1. The fraction of sp³-hybridized carbons (Fsp3) is 0.0769. The number of benzene rings is 1. The van der Waals surface area contributed by atoms with Gasteiger partial charge in [0.1, 0.15) is 0 Å². The Morgan fingerprint density at radius 1 is 1.26 bits per heavy atom. The van der Waals surface area contributed by atoms with Crippen LogP contribution < -0.4 is 10.9 Å². The first-order valence-electron chi connectivity index (χ1n) is 5.53. The molecule has 1 aromatic heterocycles. The number of amides is 1. The van der Waals surface area contributed by atoms with E-state index in [2.05, 4.69) is 10.3 Å². The van der Waals surface area contributed by atoms with Crippen molar-refractivity contribution in [1.82, 2.24) is 4.98 Å². The fourth-order valence-electron chi connectivity index (χ4n) is 1.63. The number of hydrogen-bond donors (Lipinski definition) is 4. The Morgan fingerprint density at radius 3 is 2.68 bits per heavy atom. The van der Waals surface area contributed by atoms with Gasteiger partial charge in [0, 0.05) is 23.4 Å². The number of rotatable bonds is 3. The first-order chi connectivity index (χ1) is 9.10. The molecule has 98 valence electrons. The summed E-state index contributed by atoms with van der Waals surface area (Å²) in [4.78, 5) is 25.2. The highest BCUT2D eigenvalue weighted by Gasteiger charge is 2.10. The number of para-hydroxylation sites is 1. The van der Waals surface area contributed by atoms with Crippen molar-refractivity contribution >= 4 is 11.6 Å². The third kappa shape index (κ3) is 2.99. The summed E-state index contributed by atoms with van der Waals surface area (Å²) in [6, 6.07) is 8.99. The highest BCUT2D eigenvalue weighted by Crippen LogP contribution is 2.16. The minimum Gasteiger partial charge on any atom is -0.494 e. The number of carbonyl (C=O) groups excluding carboxylic acids is 1. The van der Waals surface area contributed by atoms with E-state index in [0.717, 1.165) is 12.1 Å². The topological polar surface area (TPSA) is 102 Å². The van der Waals surface area contributed by atoms with Crippen LogP contribution >= 0.6 is 0 Å². The predicted octanol–water partition coefficient (Wildman–Crippen LogP) is 0.825. The van der Waals surface area contributed by atoms with E-state index in [1.165, 1.54) is 0 Å². The van der Waals surface area contributed by atoms with E-state index in [-0.39, 0.29) is 18.1 Å². The van der Waals surface area contributed by atoms with Gasteiger partial charge in [-0.15, -0.1) is 0 Å². The molecule has 0 saturated carbocycles. The van der Waals surface area contributed by atoms with Gasteiger partial charge in [-0.1, -0.05) is 18.2 Å². The molecule has 2 rings (SSSR count). The molecule has 1 heterocycles. The lowest BCUT2D eigenvalue weighted by Crippen LogP contribution is -2.16. The number of aromatic nitrogens is 1. The van der Waals surface area contributed by atoms with Crippen LogP contribution in [-0.2, 0) is 6.61 Å². The number of hydrogen-bond acceptors (Lipinski definition) is 4. The van der Waals surface area contributed by atoms with Crippen LogP contribution in [0.1, 0.15) is 15.9 Å². The minimum absolute atomic E-state index is 0.0361. The van der Waals surface area contributed by atoms with E-state index in [9.17, 15) is 14.7 Å². The Bertz CT molecular complexity index is 664. The molecule has 0 spiro atoms. The summed E-state index contributed by atoms with van der Waals surface area (Å²) in [6.45, 7) is -0.211. The van der Waals surface area contributed by atoms with Crippen molar-refractivity contribution in [2.45, 2.75) is 6.61 Å². The molecule has 0 aliphatic carbocycles. The second kappa shape index (κ2) is 5.36. The summed E-state index contributed by atoms with van der Waals surface area (Å²) in [7, 11) is 0. The number of aromatic amines is 1. The van der Waals surface area contributed by atoms with E-state index in [4.69, 9.17) is 5.11 Å². The van der Waals surface area contributed by atoms with E-state index in [0.29, 0.717) is 11.3 Å². The Balaban J connectivity index is 2.28. The van der Waals surface area contributed by atoms with Gasteiger partial charge >= 0.3 is 0 Å². The van der Waals surface area contributed by atoms with Gasteiger partial charge in [-0.05, 0) is 6.07 Å². The number of nitrogens with one attached hydrogen (secondary N) is 2. The smallest absolute Gasteiger partial charge is 0.256 e. The van der Waals surface area contributed by atoms with E-state index in [1.54, 1.807) is 24.3 Å². The molecule has 1 amide bonds. The summed E-state index contributed by atoms with van der Waals surface area (Å²) < 4.78 is 0. The SMILES string of the molecule is O=C(Nc1ccccc1CO)c1cc(O)[nH]c(=O)c1. The van der Waals surface area contributed by atoms with Crippen LogP contribution in [-0.4, -0.2) is 21.1 Å². The maximum absolute atomic E-state index is 11.9. The molecule has 1 aromatic carbocycles. The highest BCUT2D eigenvalue weighted by atomic mass is 16.3. The quantitative estimate of drug-likeness (QED) is 0.656. The molecular weight excluding hydrogens is 248 g/mol. The predicted molar refractivity (Wildman–Crippen MR) is 69.0 cm³/mol. The molecule has 2 aromatic rings. The second-order valence-electron chi connectivity index (χ2n) is 3.89. The van der Waals surface area contributed by atoms with E-state index in [1.807, 2.05) is 0 Å². The molecule has 0 aliphatic rings. The van der Waals surface area contributed by atoms with Crippen LogP contribution in [0.2, 0.25) is 0 Å². The largest absolute Gasteiger partial charge is 0.494 e. The molecule has 0 radical (unpaired) electrons. The standard InChI is InChI=1S/C13H12N2O4/c16-7-8-3-1-2-4-10(8)14-13(19)9-5-11(17)15-12(18)6-9/h1-6,16H,7H2,(H,14,19)(H2,15,17,18). The van der Waals surface area contributed by atoms with Crippen molar-refractivity contribution in [3.05, 3.63) is 57.9 Å². The number of aliphatic hydroxyl groups is 1. The molecule has 0 aliphatic heterocycles. The average molecular weight is 260 g/mol. The van der Waals surface area contributed by atoms with Crippen LogP contribution in [0, 0.1) is 0 Å². The molecule has 0 saturated heterocycles. The van der Waals surface area contributed by atoms with Crippen molar-refractivity contribution in [3.8, 4) is 5.88 Å². The van der Waals surface area contributed by atoms with Gasteiger partial charge in [0.05, 0.1) is 12.2 Å². The molecule has 0 atom stereocenters. The fourth-order valence-corrected chi connectivity index (χ4v) is 1.63. The van der Waals surface area contributed by atoms with Gasteiger partial charge in [0.25, 0.3) is 11.5 Å². The molecule has 4 N–H and O–H groups in total. The lowest BCUT2D eigenvalue weighted by molar-refractivity contribution is 0.102. The maximum Gasteiger partial charge on any atom is 0.256 e. The Labute approximate surface area is 108 Å². The van der Waals surface area contributed by atoms with Gasteiger partial charge in [-0.25, -0.2) is 0 Å². The summed E-state index contributed by atoms with van der Waals surface area (Å²) in [5.41, 5.74) is 0.481. The molecular formula is C13H12N2O4. The van der Waals surface area contributed by atoms with Gasteiger partial charge < -0.3 is 15.5 Å². The van der Waals surface area contributed by atoms with Crippen LogP contribution in [0.4, 0.5) is 5.69 Å². The van der Waals surface area contributed by atoms with Crippen molar-refractivity contribution < 1.29 is 15.0 Å². The lowest BCUT2D eigenvalue weighted by atomic mass is 10.1. The molecule has 19 heavy (non-hydrogen) atoms. The number of aromatic hydroxyl groups is 1. The Morgan fingerprint density at radius 2 is 2.00 bits per heavy atom. The van der Waals surface area contributed by atoms with Crippen molar-refractivity contribution in [2.24, 2.45) is 0 Å². The molecule has 6 nitrogen and oxygen atoms in total. The highest BCUT2D eigenvalue weighted by molar-refractivity contribution is 6.04. The van der Waals surface area contributed by atoms with Crippen LogP contribution in [0.5, 0.6) is 5.88 Å². The summed E-state index contributed by atoms with van der Waals surface area (Å²) >= 11 is 0. The monoisotopic (exact) mass is 260 g/mol. The van der Waals surface area contributed by atoms with Crippen LogP contribution in [0.15, 0.2) is 41.2 Å². The second-order valence-corrected chi connectivity index (χ2v) is 3.89. The molecule has 0 bridgehead atoms. The average Bonchev–Trinajstić information content (AvgIpc) is 2.38. The van der Waals surface area contributed by atoms with Crippen molar-refractivity contribution in [2.75, 3.05) is 5.32 Å². The van der Waals surface area contributed by atoms with E-state index >= 15 is 0 Å². The lowest BCUT2D eigenvalue weighted by Gasteiger charge is -2.09.